The van der Waals surface area contributed by atoms with Crippen molar-refractivity contribution in [1.29, 1.82) is 0 Å². The van der Waals surface area contributed by atoms with Crippen molar-refractivity contribution in [3.63, 3.8) is 0 Å². The molecule has 2 aliphatic rings. The predicted molar refractivity (Wildman–Crippen MR) is 110 cm³/mol. The van der Waals surface area contributed by atoms with Crippen molar-refractivity contribution in [2.45, 2.75) is 31.1 Å². The molecule has 0 fully saturated rings. The Morgan fingerprint density at radius 2 is 1.72 bits per heavy atom. The smallest absolute Gasteiger partial charge is 0.242 e. The van der Waals surface area contributed by atoms with Crippen molar-refractivity contribution in [3.8, 4) is 0 Å². The third-order valence-electron chi connectivity index (χ3n) is 5.72. The zero-order valence-electron chi connectivity index (χ0n) is 16.4. The highest BCUT2D eigenvalue weighted by molar-refractivity contribution is 6.31. The molecule has 0 spiro atoms. The number of halogens is 2. The van der Waals surface area contributed by atoms with Crippen LogP contribution in [0.1, 0.15) is 42.2 Å². The maximum atomic E-state index is 14.7. The van der Waals surface area contributed by atoms with Gasteiger partial charge in [-0.25, -0.2) is 14.4 Å². The van der Waals surface area contributed by atoms with Gasteiger partial charge in [0.25, 0.3) is 0 Å². The van der Waals surface area contributed by atoms with E-state index in [2.05, 4.69) is 0 Å². The van der Waals surface area contributed by atoms with Gasteiger partial charge in [0.1, 0.15) is 5.82 Å². The topological polar surface area (TPSA) is 40.6 Å². The van der Waals surface area contributed by atoms with Crippen LogP contribution in [0.15, 0.2) is 59.8 Å². The average Bonchev–Trinajstić information content (AvgIpc) is 2.67. The molecule has 0 radical (unpaired) electrons. The molecule has 0 bridgehead atoms. The van der Waals surface area contributed by atoms with E-state index in [9.17, 15) is 14.0 Å². The first-order valence-corrected chi connectivity index (χ1v) is 10.0. The summed E-state index contributed by atoms with van der Waals surface area (Å²) in [6, 6.07) is 14.3. The number of Topliss-reactive ketones (excluding diaryl/α,β-unsaturated/α-hetero) is 1. The lowest BCUT2D eigenvalue weighted by molar-refractivity contribution is -0.143. The molecule has 4 rings (SSSR count). The molecule has 0 unspecified atom stereocenters. The molecule has 2 atom stereocenters. The number of hydrogen-bond donors (Lipinski definition) is 0. The van der Waals surface area contributed by atoms with Gasteiger partial charge in [-0.3, -0.25) is 9.59 Å². The zero-order valence-corrected chi connectivity index (χ0v) is 17.1. The first-order chi connectivity index (χ1) is 13.9. The van der Waals surface area contributed by atoms with Gasteiger partial charge in [-0.1, -0.05) is 48.0 Å². The molecule has 29 heavy (non-hydrogen) atoms. The van der Waals surface area contributed by atoms with Crippen LogP contribution < -0.4 is 0 Å². The van der Waals surface area contributed by atoms with Crippen LogP contribution >= 0.6 is 11.6 Å². The van der Waals surface area contributed by atoms with Gasteiger partial charge in [0, 0.05) is 54.7 Å². The van der Waals surface area contributed by atoms with E-state index in [-0.39, 0.29) is 34.6 Å². The fourth-order valence-electron chi connectivity index (χ4n) is 4.54. The molecule has 1 aliphatic carbocycles. The highest BCUT2D eigenvalue weighted by atomic mass is 35.5. The molecule has 6 heteroatoms. The lowest BCUT2D eigenvalue weighted by Crippen LogP contribution is -2.48. The van der Waals surface area contributed by atoms with E-state index in [1.54, 1.807) is 30.2 Å². The number of carbonyl (C=O) groups excluding carboxylic acids is 2. The molecule has 1 aliphatic heterocycles. The maximum absolute atomic E-state index is 14.7. The molecule has 0 saturated heterocycles. The summed E-state index contributed by atoms with van der Waals surface area (Å²) in [6.45, 7) is 0. The Morgan fingerprint density at radius 1 is 1.00 bits per heavy atom. The third-order valence-corrected chi connectivity index (χ3v) is 6.05. The number of ketones is 1. The molecule has 150 valence electrons. The second-order valence-corrected chi connectivity index (χ2v) is 8.15. The first-order valence-electron chi connectivity index (χ1n) is 9.63. The fraction of sp³-hybridized carbons (Fsp3) is 0.304. The van der Waals surface area contributed by atoms with Gasteiger partial charge < -0.3 is 0 Å². The van der Waals surface area contributed by atoms with Gasteiger partial charge in [-0.05, 0) is 30.0 Å². The van der Waals surface area contributed by atoms with E-state index < -0.39 is 11.7 Å². The Hall–Kier alpha value is -2.50. The summed E-state index contributed by atoms with van der Waals surface area (Å²) in [5.41, 5.74) is 2.46. The van der Waals surface area contributed by atoms with Crippen molar-refractivity contribution in [2.75, 3.05) is 14.1 Å². The van der Waals surface area contributed by atoms with E-state index in [0.29, 0.717) is 24.1 Å². The van der Waals surface area contributed by atoms with E-state index in [4.69, 9.17) is 11.6 Å². The second-order valence-electron chi connectivity index (χ2n) is 7.74. The monoisotopic (exact) mass is 412 g/mol. The van der Waals surface area contributed by atoms with Crippen LogP contribution in [0.5, 0.6) is 0 Å². The van der Waals surface area contributed by atoms with Crippen molar-refractivity contribution in [1.82, 2.24) is 10.0 Å². The predicted octanol–water partition coefficient (Wildman–Crippen LogP) is 4.67. The summed E-state index contributed by atoms with van der Waals surface area (Å²) in [6.07, 6.45) is 0.887. The van der Waals surface area contributed by atoms with Gasteiger partial charge in [0.15, 0.2) is 5.78 Å². The quantitative estimate of drug-likeness (QED) is 0.735. The zero-order chi connectivity index (χ0) is 20.7. The van der Waals surface area contributed by atoms with Crippen molar-refractivity contribution in [3.05, 3.63) is 81.8 Å². The van der Waals surface area contributed by atoms with E-state index >= 15 is 0 Å². The molecule has 4 nitrogen and oxygen atoms in total. The largest absolute Gasteiger partial charge is 0.294 e. The lowest BCUT2D eigenvalue weighted by Gasteiger charge is -2.42. The van der Waals surface area contributed by atoms with Crippen LogP contribution in [0.3, 0.4) is 0 Å². The number of allylic oxidation sites excluding steroid dienone is 2. The van der Waals surface area contributed by atoms with Gasteiger partial charge in [0.2, 0.25) is 5.91 Å². The minimum atomic E-state index is -0.661. The highest BCUT2D eigenvalue weighted by Gasteiger charge is 2.43. The molecular formula is C23H22ClFN2O2. The fourth-order valence-corrected chi connectivity index (χ4v) is 4.83. The number of nitrogens with zero attached hydrogens (tertiary/aromatic N) is 2. The number of amides is 1. The Balaban J connectivity index is 1.86. The summed E-state index contributed by atoms with van der Waals surface area (Å²) in [4.78, 5) is 26.3. The van der Waals surface area contributed by atoms with Crippen LogP contribution in [0, 0.1) is 5.82 Å². The van der Waals surface area contributed by atoms with Crippen molar-refractivity contribution in [2.24, 2.45) is 0 Å². The van der Waals surface area contributed by atoms with Crippen LogP contribution in [-0.2, 0) is 9.59 Å². The van der Waals surface area contributed by atoms with Gasteiger partial charge in [-0.2, -0.15) is 0 Å². The molecule has 0 aromatic heterocycles. The molecule has 0 saturated carbocycles. The molecule has 1 amide bonds. The summed E-state index contributed by atoms with van der Waals surface area (Å²) >= 11 is 6.30. The minimum Gasteiger partial charge on any atom is -0.294 e. The first kappa shape index (κ1) is 19.8. The molecule has 1 heterocycles. The normalized spacial score (nSPS) is 22.3. The third kappa shape index (κ3) is 3.49. The molecule has 2 aromatic rings. The summed E-state index contributed by atoms with van der Waals surface area (Å²) in [7, 11) is 3.55. The van der Waals surface area contributed by atoms with E-state index in [1.807, 2.05) is 30.3 Å². The van der Waals surface area contributed by atoms with E-state index in [1.165, 1.54) is 12.1 Å². The number of rotatable bonds is 3. The van der Waals surface area contributed by atoms with Crippen LogP contribution in [0.4, 0.5) is 4.39 Å². The Morgan fingerprint density at radius 3 is 2.38 bits per heavy atom. The average molecular weight is 413 g/mol. The number of benzene rings is 2. The molecule has 0 N–H and O–H groups in total. The van der Waals surface area contributed by atoms with Crippen molar-refractivity contribution < 1.29 is 14.0 Å². The van der Waals surface area contributed by atoms with Crippen LogP contribution in [-0.4, -0.2) is 35.8 Å². The summed E-state index contributed by atoms with van der Waals surface area (Å²) in [5.74, 6) is -1.39. The second kappa shape index (κ2) is 7.73. The summed E-state index contributed by atoms with van der Waals surface area (Å²) in [5, 5.41) is 3.50. The Labute approximate surface area is 174 Å². The standard InChI is InChI=1S/C23H22ClFN2O2/c1-26(2)27-19-11-15(14-7-4-3-5-8-14)12-20(28)23(19)16(13-21(27)29)22-17(24)9-6-10-18(22)25/h3-10,15-16H,11-13H2,1-2H3/t15-,16+/m1/s1. The molecular weight excluding hydrogens is 391 g/mol. The Kier molecular flexibility index (Phi) is 5.28. The van der Waals surface area contributed by atoms with E-state index in [0.717, 1.165) is 5.56 Å². The van der Waals surface area contributed by atoms with Crippen LogP contribution in [0.2, 0.25) is 5.02 Å². The highest BCUT2D eigenvalue weighted by Crippen LogP contribution is 2.47. The lowest BCUT2D eigenvalue weighted by atomic mass is 9.73. The summed E-state index contributed by atoms with van der Waals surface area (Å²) < 4.78 is 14.7. The number of carbonyl (C=O) groups is 2. The minimum absolute atomic E-state index is 0.0133. The van der Waals surface area contributed by atoms with Gasteiger partial charge in [-0.15, -0.1) is 0 Å². The van der Waals surface area contributed by atoms with Crippen molar-refractivity contribution >= 4 is 23.3 Å². The number of hydrogen-bond acceptors (Lipinski definition) is 3. The number of hydrazine groups is 1. The SMILES string of the molecule is CN(C)N1C(=O)C[C@@H](c2c(F)cccc2Cl)C2=C1C[C@@H](c1ccccc1)CC2=O. The van der Waals surface area contributed by atoms with Gasteiger partial charge in [0.05, 0.1) is 0 Å². The van der Waals surface area contributed by atoms with Crippen LogP contribution in [0.25, 0.3) is 0 Å². The molecule has 2 aromatic carbocycles. The Bertz CT molecular complexity index is 983. The maximum Gasteiger partial charge on any atom is 0.242 e. The van der Waals surface area contributed by atoms with Gasteiger partial charge >= 0.3 is 0 Å².